The molecule has 0 bridgehead atoms. The standard InChI is InChI=1S/C13H22ClN3S/c1-2-6-17(9-11-4-3-5-15-7-11)10-13-16-8-12(14)18-13/h8,11,15H,2-7,9-10H2,1H3. The molecule has 1 aliphatic heterocycles. The first-order valence-electron chi connectivity index (χ1n) is 6.81. The molecule has 0 spiro atoms. The van der Waals surface area contributed by atoms with E-state index in [2.05, 4.69) is 22.1 Å². The zero-order chi connectivity index (χ0) is 12.8. The molecule has 1 unspecified atom stereocenters. The number of hydrogen-bond donors (Lipinski definition) is 1. The Morgan fingerprint density at radius 2 is 2.50 bits per heavy atom. The third-order valence-corrected chi connectivity index (χ3v) is 4.44. The molecule has 102 valence electrons. The molecule has 2 heterocycles. The van der Waals surface area contributed by atoms with E-state index in [0.29, 0.717) is 0 Å². The fraction of sp³-hybridized carbons (Fsp3) is 0.769. The number of piperidine rings is 1. The second kappa shape index (κ2) is 7.43. The molecule has 2 rings (SSSR count). The number of rotatable bonds is 6. The number of nitrogens with zero attached hydrogens (tertiary/aromatic N) is 2. The summed E-state index contributed by atoms with van der Waals surface area (Å²) >= 11 is 7.54. The quantitative estimate of drug-likeness (QED) is 0.872. The molecule has 5 heteroatoms. The van der Waals surface area contributed by atoms with Gasteiger partial charge in [-0.05, 0) is 44.8 Å². The first-order valence-corrected chi connectivity index (χ1v) is 8.00. The molecule has 18 heavy (non-hydrogen) atoms. The van der Waals surface area contributed by atoms with Crippen molar-refractivity contribution in [3.8, 4) is 0 Å². The summed E-state index contributed by atoms with van der Waals surface area (Å²) in [6.07, 6.45) is 5.62. The highest BCUT2D eigenvalue weighted by molar-refractivity contribution is 7.15. The normalized spacial score (nSPS) is 20.5. The van der Waals surface area contributed by atoms with E-state index in [-0.39, 0.29) is 0 Å². The van der Waals surface area contributed by atoms with Crippen molar-refractivity contribution in [2.24, 2.45) is 5.92 Å². The average molecular weight is 288 g/mol. The zero-order valence-electron chi connectivity index (χ0n) is 11.0. The van der Waals surface area contributed by atoms with Crippen molar-refractivity contribution in [2.75, 3.05) is 26.2 Å². The highest BCUT2D eigenvalue weighted by Crippen LogP contribution is 2.21. The molecule has 1 N–H and O–H groups in total. The van der Waals surface area contributed by atoms with Gasteiger partial charge in [0.15, 0.2) is 0 Å². The summed E-state index contributed by atoms with van der Waals surface area (Å²) in [6.45, 7) is 7.86. The Kier molecular flexibility index (Phi) is 5.89. The summed E-state index contributed by atoms with van der Waals surface area (Å²) in [6, 6.07) is 0. The topological polar surface area (TPSA) is 28.2 Å². The van der Waals surface area contributed by atoms with Crippen molar-refractivity contribution in [1.29, 1.82) is 0 Å². The molecule has 1 atom stereocenters. The van der Waals surface area contributed by atoms with E-state index in [1.54, 1.807) is 17.5 Å². The van der Waals surface area contributed by atoms with Gasteiger partial charge >= 0.3 is 0 Å². The lowest BCUT2D eigenvalue weighted by molar-refractivity contribution is 0.201. The molecule has 1 aromatic rings. The second-order valence-corrected chi connectivity index (χ2v) is 6.75. The van der Waals surface area contributed by atoms with E-state index in [1.807, 2.05) is 0 Å². The van der Waals surface area contributed by atoms with E-state index in [4.69, 9.17) is 11.6 Å². The predicted molar refractivity (Wildman–Crippen MR) is 78.3 cm³/mol. The Hall–Kier alpha value is -0.160. The minimum atomic E-state index is 0.792. The predicted octanol–water partition coefficient (Wildman–Crippen LogP) is 3.01. The number of aromatic nitrogens is 1. The summed E-state index contributed by atoms with van der Waals surface area (Å²) < 4.78 is 0.792. The zero-order valence-corrected chi connectivity index (χ0v) is 12.6. The van der Waals surface area contributed by atoms with Gasteiger partial charge in [0.05, 0.1) is 12.7 Å². The Labute approximate surface area is 119 Å². The number of hydrogen-bond acceptors (Lipinski definition) is 4. The Morgan fingerprint density at radius 1 is 1.61 bits per heavy atom. The Morgan fingerprint density at radius 3 is 3.11 bits per heavy atom. The van der Waals surface area contributed by atoms with Crippen LogP contribution < -0.4 is 5.32 Å². The minimum Gasteiger partial charge on any atom is -0.316 e. The van der Waals surface area contributed by atoms with Gasteiger partial charge in [0.1, 0.15) is 9.34 Å². The molecule has 1 aromatic heterocycles. The van der Waals surface area contributed by atoms with Crippen molar-refractivity contribution >= 4 is 22.9 Å². The van der Waals surface area contributed by atoms with Gasteiger partial charge in [-0.25, -0.2) is 4.98 Å². The average Bonchev–Trinajstić information content (AvgIpc) is 2.76. The number of thiazole rings is 1. The van der Waals surface area contributed by atoms with Crippen LogP contribution in [0, 0.1) is 5.92 Å². The van der Waals surface area contributed by atoms with Crippen LogP contribution in [0.15, 0.2) is 6.20 Å². The second-order valence-electron chi connectivity index (χ2n) is 5.01. The summed E-state index contributed by atoms with van der Waals surface area (Å²) in [4.78, 5) is 6.88. The van der Waals surface area contributed by atoms with Crippen LogP contribution in [0.3, 0.4) is 0 Å². The smallest absolute Gasteiger partial charge is 0.113 e. The maximum atomic E-state index is 5.94. The summed E-state index contributed by atoms with van der Waals surface area (Å²) in [5, 5.41) is 4.63. The molecule has 0 radical (unpaired) electrons. The summed E-state index contributed by atoms with van der Waals surface area (Å²) in [7, 11) is 0. The molecule has 1 saturated heterocycles. The van der Waals surface area contributed by atoms with Crippen LogP contribution in [0.1, 0.15) is 31.2 Å². The van der Waals surface area contributed by atoms with Gasteiger partial charge in [0.25, 0.3) is 0 Å². The third kappa shape index (κ3) is 4.50. The first kappa shape index (κ1) is 14.3. The molecular weight excluding hydrogens is 266 g/mol. The highest BCUT2D eigenvalue weighted by atomic mass is 35.5. The molecule has 0 aliphatic carbocycles. The van der Waals surface area contributed by atoms with Crippen LogP contribution in [0.5, 0.6) is 0 Å². The first-order chi connectivity index (χ1) is 8.78. The van der Waals surface area contributed by atoms with Crippen molar-refractivity contribution in [1.82, 2.24) is 15.2 Å². The van der Waals surface area contributed by atoms with E-state index in [9.17, 15) is 0 Å². The van der Waals surface area contributed by atoms with Crippen molar-refractivity contribution in [3.63, 3.8) is 0 Å². The molecule has 1 aliphatic rings. The van der Waals surface area contributed by atoms with Crippen molar-refractivity contribution < 1.29 is 0 Å². The monoisotopic (exact) mass is 287 g/mol. The van der Waals surface area contributed by atoms with E-state index < -0.39 is 0 Å². The molecule has 0 amide bonds. The lowest BCUT2D eigenvalue weighted by Crippen LogP contribution is -2.38. The van der Waals surface area contributed by atoms with Gasteiger partial charge < -0.3 is 5.32 Å². The molecule has 0 aromatic carbocycles. The van der Waals surface area contributed by atoms with Gasteiger partial charge in [-0.3, -0.25) is 4.90 Å². The maximum Gasteiger partial charge on any atom is 0.113 e. The van der Waals surface area contributed by atoms with Crippen LogP contribution in [-0.4, -0.2) is 36.1 Å². The van der Waals surface area contributed by atoms with Crippen molar-refractivity contribution in [2.45, 2.75) is 32.7 Å². The maximum absolute atomic E-state index is 5.94. The Bertz CT molecular complexity index is 350. The molecule has 1 fully saturated rings. The van der Waals surface area contributed by atoms with Crippen molar-refractivity contribution in [3.05, 3.63) is 15.5 Å². The molecule has 0 saturated carbocycles. The van der Waals surface area contributed by atoms with E-state index >= 15 is 0 Å². The van der Waals surface area contributed by atoms with Crippen LogP contribution in [0.2, 0.25) is 4.34 Å². The summed E-state index contributed by atoms with van der Waals surface area (Å²) in [5.74, 6) is 0.792. The largest absolute Gasteiger partial charge is 0.316 e. The highest BCUT2D eigenvalue weighted by Gasteiger charge is 2.17. The van der Waals surface area contributed by atoms with Crippen LogP contribution in [0.25, 0.3) is 0 Å². The lowest BCUT2D eigenvalue weighted by atomic mass is 9.99. The lowest BCUT2D eigenvalue weighted by Gasteiger charge is -2.29. The van der Waals surface area contributed by atoms with E-state index in [0.717, 1.165) is 28.4 Å². The van der Waals surface area contributed by atoms with Gasteiger partial charge in [-0.1, -0.05) is 18.5 Å². The van der Waals surface area contributed by atoms with Crippen LogP contribution in [0.4, 0.5) is 0 Å². The third-order valence-electron chi connectivity index (χ3n) is 3.34. The van der Waals surface area contributed by atoms with E-state index in [1.165, 1.54) is 38.9 Å². The SMILES string of the molecule is CCCN(Cc1ncc(Cl)s1)CC1CCCNC1. The number of halogens is 1. The summed E-state index contributed by atoms with van der Waals surface area (Å²) in [5.41, 5.74) is 0. The van der Waals surface area contributed by atoms with Gasteiger partial charge in [-0.15, -0.1) is 11.3 Å². The fourth-order valence-electron chi connectivity index (χ4n) is 2.55. The molecular formula is C13H22ClN3S. The fourth-order valence-corrected chi connectivity index (χ4v) is 3.55. The molecule has 3 nitrogen and oxygen atoms in total. The van der Waals surface area contributed by atoms with Gasteiger partial charge in [0, 0.05) is 6.54 Å². The van der Waals surface area contributed by atoms with Gasteiger partial charge in [0.2, 0.25) is 0 Å². The number of nitrogens with one attached hydrogen (secondary N) is 1. The Balaban J connectivity index is 1.86. The van der Waals surface area contributed by atoms with Crippen LogP contribution >= 0.6 is 22.9 Å². The van der Waals surface area contributed by atoms with Gasteiger partial charge in [-0.2, -0.15) is 0 Å². The minimum absolute atomic E-state index is 0.792. The van der Waals surface area contributed by atoms with Crippen LogP contribution in [-0.2, 0) is 6.54 Å².